The lowest BCUT2D eigenvalue weighted by atomic mass is 9.64. The fraction of sp³-hybridized carbons (Fsp3) is 0.222. The Morgan fingerprint density at radius 2 is 1.65 bits per heavy atom. The Balaban J connectivity index is 2.25. The maximum absolute atomic E-state index is 9.87. The van der Waals surface area contributed by atoms with Crippen molar-refractivity contribution in [3.63, 3.8) is 0 Å². The summed E-state index contributed by atoms with van der Waals surface area (Å²) in [5, 5.41) is 19.2. The molecule has 0 amide bonds. The quantitative estimate of drug-likeness (QED) is 0.778. The Labute approximate surface area is 118 Å². The molecule has 2 atom stereocenters. The van der Waals surface area contributed by atoms with Crippen molar-refractivity contribution < 1.29 is 0 Å². The molecule has 2 unspecified atom stereocenters. The minimum absolute atomic E-state index is 0.101. The summed E-state index contributed by atoms with van der Waals surface area (Å²) >= 11 is 0. The summed E-state index contributed by atoms with van der Waals surface area (Å²) in [6.07, 6.45) is 1.43. The van der Waals surface area contributed by atoms with E-state index in [0.29, 0.717) is 6.42 Å². The molecular formula is C18H14N2. The van der Waals surface area contributed by atoms with Crippen LogP contribution >= 0.6 is 0 Å². The second-order valence-corrected chi connectivity index (χ2v) is 5.19. The smallest absolute Gasteiger partial charge is 0.107 e. The first-order valence-corrected chi connectivity index (χ1v) is 6.77. The van der Waals surface area contributed by atoms with E-state index in [4.69, 9.17) is 0 Å². The van der Waals surface area contributed by atoms with Crippen LogP contribution in [0.5, 0.6) is 0 Å². The van der Waals surface area contributed by atoms with Crippen molar-refractivity contribution in [1.82, 2.24) is 0 Å². The Kier molecular flexibility index (Phi) is 3.01. The van der Waals surface area contributed by atoms with Crippen molar-refractivity contribution in [2.75, 3.05) is 0 Å². The molecule has 2 aromatic rings. The third-order valence-corrected chi connectivity index (χ3v) is 4.22. The number of benzene rings is 2. The van der Waals surface area contributed by atoms with Gasteiger partial charge in [-0.1, -0.05) is 54.6 Å². The predicted octanol–water partition coefficient (Wildman–Crippen LogP) is 3.90. The van der Waals surface area contributed by atoms with Crippen molar-refractivity contribution in [2.45, 2.75) is 24.2 Å². The van der Waals surface area contributed by atoms with Crippen LogP contribution < -0.4 is 0 Å². The molecule has 0 saturated carbocycles. The maximum atomic E-state index is 9.87. The first-order chi connectivity index (χ1) is 9.81. The number of hydrogen-bond acceptors (Lipinski definition) is 2. The summed E-state index contributed by atoms with van der Waals surface area (Å²) < 4.78 is 0. The van der Waals surface area contributed by atoms with E-state index in [1.54, 1.807) is 0 Å². The molecule has 0 N–H and O–H groups in total. The lowest BCUT2D eigenvalue weighted by Gasteiger charge is -2.35. The zero-order chi connectivity index (χ0) is 14.0. The molecule has 0 aliphatic heterocycles. The van der Waals surface area contributed by atoms with E-state index >= 15 is 0 Å². The number of nitriles is 2. The highest BCUT2D eigenvalue weighted by Gasteiger charge is 2.41. The Morgan fingerprint density at radius 1 is 0.950 bits per heavy atom. The van der Waals surface area contributed by atoms with Crippen LogP contribution in [0.3, 0.4) is 0 Å². The first-order valence-electron chi connectivity index (χ1n) is 6.77. The Hall–Kier alpha value is -2.58. The van der Waals surface area contributed by atoms with Crippen LogP contribution in [-0.4, -0.2) is 0 Å². The monoisotopic (exact) mass is 258 g/mol. The molecule has 2 heteroatoms. The Morgan fingerprint density at radius 3 is 2.35 bits per heavy atom. The molecule has 20 heavy (non-hydrogen) atoms. The SMILES string of the molecule is N#CC1CCC(C#N)(c2ccccc2)c2ccccc21. The normalized spacial score (nSPS) is 24.2. The molecule has 96 valence electrons. The van der Waals surface area contributed by atoms with Gasteiger partial charge in [0.25, 0.3) is 0 Å². The van der Waals surface area contributed by atoms with Crippen molar-refractivity contribution in [1.29, 1.82) is 10.5 Å². The van der Waals surface area contributed by atoms with Gasteiger partial charge in [0.1, 0.15) is 5.41 Å². The third-order valence-electron chi connectivity index (χ3n) is 4.22. The summed E-state index contributed by atoms with van der Waals surface area (Å²) in [6.45, 7) is 0. The van der Waals surface area contributed by atoms with E-state index in [1.165, 1.54) is 0 Å². The summed E-state index contributed by atoms with van der Waals surface area (Å²) in [5.74, 6) is -0.101. The lowest BCUT2D eigenvalue weighted by Crippen LogP contribution is -2.32. The van der Waals surface area contributed by atoms with Crippen LogP contribution in [0.4, 0.5) is 0 Å². The molecule has 0 aromatic heterocycles. The van der Waals surface area contributed by atoms with Gasteiger partial charge in [-0.2, -0.15) is 10.5 Å². The van der Waals surface area contributed by atoms with Gasteiger partial charge in [-0.05, 0) is 29.5 Å². The van der Waals surface area contributed by atoms with Crippen molar-refractivity contribution in [3.05, 3.63) is 71.3 Å². The topological polar surface area (TPSA) is 47.6 Å². The van der Waals surface area contributed by atoms with Crippen LogP contribution in [0.1, 0.15) is 35.4 Å². The van der Waals surface area contributed by atoms with Gasteiger partial charge in [-0.25, -0.2) is 0 Å². The van der Waals surface area contributed by atoms with Crippen molar-refractivity contribution >= 4 is 0 Å². The van der Waals surface area contributed by atoms with E-state index in [1.807, 2.05) is 54.6 Å². The second kappa shape index (κ2) is 4.83. The van der Waals surface area contributed by atoms with Crippen molar-refractivity contribution in [3.8, 4) is 12.1 Å². The van der Waals surface area contributed by atoms with Gasteiger partial charge < -0.3 is 0 Å². The number of hydrogen-bond donors (Lipinski definition) is 0. The van der Waals surface area contributed by atoms with E-state index in [0.717, 1.165) is 23.1 Å². The number of nitrogens with zero attached hydrogens (tertiary/aromatic N) is 2. The highest BCUT2D eigenvalue weighted by atomic mass is 14.5. The number of rotatable bonds is 1. The van der Waals surface area contributed by atoms with Gasteiger partial charge in [0.15, 0.2) is 0 Å². The minimum atomic E-state index is -0.620. The van der Waals surface area contributed by atoms with Crippen molar-refractivity contribution in [2.24, 2.45) is 0 Å². The molecule has 0 fully saturated rings. The molecule has 1 aliphatic rings. The summed E-state index contributed by atoms with van der Waals surface area (Å²) in [6, 6.07) is 22.7. The molecular weight excluding hydrogens is 244 g/mol. The van der Waals surface area contributed by atoms with E-state index in [9.17, 15) is 10.5 Å². The number of fused-ring (bicyclic) bond motifs is 1. The van der Waals surface area contributed by atoms with E-state index < -0.39 is 5.41 Å². The standard InChI is InChI=1S/C18H14N2/c19-12-14-10-11-18(13-20,15-6-2-1-3-7-15)17-9-5-4-8-16(14)17/h1-9,14H,10-11H2. The zero-order valence-electron chi connectivity index (χ0n) is 11.1. The van der Waals surface area contributed by atoms with Crippen LogP contribution in [0.2, 0.25) is 0 Å². The van der Waals surface area contributed by atoms with Gasteiger partial charge in [0.2, 0.25) is 0 Å². The van der Waals surface area contributed by atoms with E-state index in [-0.39, 0.29) is 5.92 Å². The Bertz CT molecular complexity index is 706. The molecule has 0 bridgehead atoms. The van der Waals surface area contributed by atoms with Crippen LogP contribution in [0.25, 0.3) is 0 Å². The summed E-state index contributed by atoms with van der Waals surface area (Å²) in [5.41, 5.74) is 2.40. The molecule has 3 rings (SSSR count). The maximum Gasteiger partial charge on any atom is 0.107 e. The fourth-order valence-electron chi connectivity index (χ4n) is 3.18. The van der Waals surface area contributed by atoms with E-state index in [2.05, 4.69) is 12.1 Å². The van der Waals surface area contributed by atoms with Gasteiger partial charge in [0.05, 0.1) is 18.1 Å². The molecule has 2 nitrogen and oxygen atoms in total. The fourth-order valence-corrected chi connectivity index (χ4v) is 3.18. The largest absolute Gasteiger partial charge is 0.198 e. The molecule has 0 spiro atoms. The van der Waals surface area contributed by atoms with Crippen LogP contribution in [0.15, 0.2) is 54.6 Å². The molecule has 0 radical (unpaired) electrons. The molecule has 0 saturated heterocycles. The molecule has 2 aromatic carbocycles. The zero-order valence-corrected chi connectivity index (χ0v) is 11.1. The lowest BCUT2D eigenvalue weighted by molar-refractivity contribution is 0.500. The summed E-state index contributed by atoms with van der Waals surface area (Å²) in [7, 11) is 0. The van der Waals surface area contributed by atoms with Gasteiger partial charge >= 0.3 is 0 Å². The molecule has 1 aliphatic carbocycles. The minimum Gasteiger partial charge on any atom is -0.198 e. The highest BCUT2D eigenvalue weighted by Crippen LogP contribution is 2.46. The first kappa shape index (κ1) is 12.5. The average Bonchev–Trinajstić information content (AvgIpc) is 2.54. The summed E-state index contributed by atoms with van der Waals surface area (Å²) in [4.78, 5) is 0. The van der Waals surface area contributed by atoms with Gasteiger partial charge in [0, 0.05) is 0 Å². The van der Waals surface area contributed by atoms with Crippen LogP contribution in [-0.2, 0) is 5.41 Å². The molecule has 0 heterocycles. The van der Waals surface area contributed by atoms with Crippen LogP contribution in [0, 0.1) is 22.7 Å². The third kappa shape index (κ3) is 1.70. The average molecular weight is 258 g/mol. The second-order valence-electron chi connectivity index (χ2n) is 5.19. The van der Waals surface area contributed by atoms with Gasteiger partial charge in [-0.15, -0.1) is 0 Å². The van der Waals surface area contributed by atoms with Gasteiger partial charge in [-0.3, -0.25) is 0 Å². The predicted molar refractivity (Wildman–Crippen MR) is 76.9 cm³/mol. The highest BCUT2D eigenvalue weighted by molar-refractivity contribution is 5.53.